The second-order valence-corrected chi connectivity index (χ2v) is 4.53. The van der Waals surface area contributed by atoms with Gasteiger partial charge in [-0.15, -0.1) is 0 Å². The molecule has 2 aliphatic heterocycles. The minimum Gasteiger partial charge on any atom is -0.465 e. The first-order valence-corrected chi connectivity index (χ1v) is 5.30. The molecule has 1 N–H and O–H groups in total. The van der Waals surface area contributed by atoms with Gasteiger partial charge in [0.15, 0.2) is 0 Å². The fraction of sp³-hybridized carbons (Fsp3) is 0.900. The van der Waals surface area contributed by atoms with Crippen LogP contribution in [0.3, 0.4) is 0 Å². The Hall–Kier alpha value is -0.810. The predicted octanol–water partition coefficient (Wildman–Crippen LogP) is 1.28. The molecule has 0 aromatic heterocycles. The Morgan fingerprint density at radius 1 is 1.53 bits per heavy atom. The Kier molecular flexibility index (Phi) is 2.60. The molecule has 86 valence electrons. The van der Waals surface area contributed by atoms with Crippen molar-refractivity contribution in [1.82, 2.24) is 4.90 Å². The molecule has 5 heteroatoms. The molecule has 1 amide bonds. The monoisotopic (exact) mass is 215 g/mol. The molecule has 1 unspecified atom stereocenters. The third kappa shape index (κ3) is 1.81. The van der Waals surface area contributed by atoms with E-state index in [1.54, 1.807) is 13.8 Å². The lowest BCUT2D eigenvalue weighted by Gasteiger charge is -2.32. The van der Waals surface area contributed by atoms with Gasteiger partial charge in [0.25, 0.3) is 0 Å². The molecule has 0 saturated carbocycles. The van der Waals surface area contributed by atoms with E-state index >= 15 is 0 Å². The second-order valence-electron chi connectivity index (χ2n) is 4.53. The number of amides is 1. The normalized spacial score (nSPS) is 34.7. The minimum atomic E-state index is -0.932. The van der Waals surface area contributed by atoms with Crippen molar-refractivity contribution in [3.05, 3.63) is 0 Å². The van der Waals surface area contributed by atoms with E-state index in [9.17, 15) is 4.79 Å². The van der Waals surface area contributed by atoms with Gasteiger partial charge in [0.2, 0.25) is 0 Å². The van der Waals surface area contributed by atoms with Crippen LogP contribution in [0.5, 0.6) is 0 Å². The highest BCUT2D eigenvalue weighted by molar-refractivity contribution is 5.66. The van der Waals surface area contributed by atoms with Crippen molar-refractivity contribution in [3.8, 4) is 0 Å². The van der Waals surface area contributed by atoms with E-state index in [0.717, 1.165) is 19.4 Å². The maximum absolute atomic E-state index is 11.2. The fourth-order valence-electron chi connectivity index (χ4n) is 2.38. The molecule has 2 saturated heterocycles. The first kappa shape index (κ1) is 10.7. The molecule has 2 fully saturated rings. The van der Waals surface area contributed by atoms with Crippen LogP contribution in [0.4, 0.5) is 4.79 Å². The summed E-state index contributed by atoms with van der Waals surface area (Å²) < 4.78 is 11.0. The lowest BCUT2D eigenvalue weighted by atomic mass is 10.1. The van der Waals surface area contributed by atoms with Gasteiger partial charge in [-0.1, -0.05) is 0 Å². The summed E-state index contributed by atoms with van der Waals surface area (Å²) in [5.41, 5.74) is -0.734. The molecule has 0 aromatic carbocycles. The molecular formula is C10H17NO4. The molecular weight excluding hydrogens is 198 g/mol. The van der Waals surface area contributed by atoms with Crippen LogP contribution in [0.15, 0.2) is 0 Å². The summed E-state index contributed by atoms with van der Waals surface area (Å²) in [5, 5.41) is 9.17. The highest BCUT2D eigenvalue weighted by atomic mass is 16.6. The Morgan fingerprint density at radius 2 is 2.27 bits per heavy atom. The van der Waals surface area contributed by atoms with E-state index in [1.807, 2.05) is 0 Å². The average Bonchev–Trinajstić information content (AvgIpc) is 2.69. The SMILES string of the molecule is CC1(C)OC[C@H](C2CCCO2)N1C(=O)O. The van der Waals surface area contributed by atoms with E-state index in [2.05, 4.69) is 0 Å². The molecule has 15 heavy (non-hydrogen) atoms. The summed E-state index contributed by atoms with van der Waals surface area (Å²) >= 11 is 0. The van der Waals surface area contributed by atoms with Gasteiger partial charge >= 0.3 is 6.09 Å². The van der Waals surface area contributed by atoms with Crippen LogP contribution in [0.2, 0.25) is 0 Å². The zero-order valence-corrected chi connectivity index (χ0v) is 9.10. The van der Waals surface area contributed by atoms with Crippen LogP contribution in [0.25, 0.3) is 0 Å². The van der Waals surface area contributed by atoms with Crippen LogP contribution in [0.1, 0.15) is 26.7 Å². The Balaban J connectivity index is 2.14. The summed E-state index contributed by atoms with van der Waals surface area (Å²) in [4.78, 5) is 12.6. The summed E-state index contributed by atoms with van der Waals surface area (Å²) in [5.74, 6) is 0. The number of carboxylic acid groups (broad SMARTS) is 1. The smallest absolute Gasteiger partial charge is 0.409 e. The topological polar surface area (TPSA) is 59.0 Å². The van der Waals surface area contributed by atoms with Gasteiger partial charge in [-0.3, -0.25) is 4.90 Å². The van der Waals surface area contributed by atoms with Crippen molar-refractivity contribution in [2.45, 2.75) is 44.6 Å². The van der Waals surface area contributed by atoms with Crippen LogP contribution in [-0.2, 0) is 9.47 Å². The maximum atomic E-state index is 11.2. The first-order chi connectivity index (χ1) is 7.02. The molecule has 0 bridgehead atoms. The van der Waals surface area contributed by atoms with Gasteiger partial charge < -0.3 is 14.6 Å². The van der Waals surface area contributed by atoms with E-state index in [-0.39, 0.29) is 12.1 Å². The van der Waals surface area contributed by atoms with Gasteiger partial charge in [-0.2, -0.15) is 0 Å². The van der Waals surface area contributed by atoms with Crippen molar-refractivity contribution in [2.75, 3.05) is 13.2 Å². The van der Waals surface area contributed by atoms with Gasteiger partial charge in [0, 0.05) is 6.61 Å². The summed E-state index contributed by atoms with van der Waals surface area (Å²) in [7, 11) is 0. The molecule has 5 nitrogen and oxygen atoms in total. The molecule has 2 heterocycles. The number of ether oxygens (including phenoxy) is 2. The summed E-state index contributed by atoms with van der Waals surface area (Å²) in [6, 6.07) is -0.153. The lowest BCUT2D eigenvalue weighted by Crippen LogP contribution is -2.51. The standard InChI is InChI=1S/C10H17NO4/c1-10(2)11(9(12)13)7(6-15-10)8-4-3-5-14-8/h7-8H,3-6H2,1-2H3,(H,12,13)/t7-,8?/m1/s1. The van der Waals surface area contributed by atoms with E-state index in [0.29, 0.717) is 6.61 Å². The molecule has 0 radical (unpaired) electrons. The summed E-state index contributed by atoms with van der Waals surface area (Å²) in [6.45, 7) is 4.71. The third-order valence-corrected chi connectivity index (χ3v) is 3.12. The number of hydrogen-bond donors (Lipinski definition) is 1. The van der Waals surface area contributed by atoms with E-state index in [4.69, 9.17) is 14.6 Å². The Labute approximate surface area is 89.0 Å². The number of hydrogen-bond acceptors (Lipinski definition) is 3. The Morgan fingerprint density at radius 3 is 2.80 bits per heavy atom. The van der Waals surface area contributed by atoms with Crippen molar-refractivity contribution in [2.24, 2.45) is 0 Å². The predicted molar refractivity (Wildman–Crippen MR) is 52.7 cm³/mol. The van der Waals surface area contributed by atoms with Gasteiger partial charge in [-0.05, 0) is 26.7 Å². The van der Waals surface area contributed by atoms with Crippen molar-refractivity contribution in [1.29, 1.82) is 0 Å². The maximum Gasteiger partial charge on any atom is 0.409 e. The number of nitrogens with zero attached hydrogens (tertiary/aromatic N) is 1. The van der Waals surface area contributed by atoms with Crippen LogP contribution < -0.4 is 0 Å². The third-order valence-electron chi connectivity index (χ3n) is 3.12. The molecule has 0 spiro atoms. The molecule has 2 atom stereocenters. The average molecular weight is 215 g/mol. The number of rotatable bonds is 1. The fourth-order valence-corrected chi connectivity index (χ4v) is 2.38. The highest BCUT2D eigenvalue weighted by Crippen LogP contribution is 2.32. The van der Waals surface area contributed by atoms with Gasteiger partial charge in [0.05, 0.1) is 18.8 Å². The molecule has 2 aliphatic rings. The second kappa shape index (κ2) is 3.64. The molecule has 2 rings (SSSR count). The van der Waals surface area contributed by atoms with Crippen molar-refractivity contribution >= 4 is 6.09 Å². The Bertz CT molecular complexity index is 260. The first-order valence-electron chi connectivity index (χ1n) is 5.30. The summed E-state index contributed by atoms with van der Waals surface area (Å²) in [6.07, 6.45) is 1.00. The number of carbonyl (C=O) groups is 1. The largest absolute Gasteiger partial charge is 0.465 e. The zero-order chi connectivity index (χ0) is 11.1. The van der Waals surface area contributed by atoms with Crippen molar-refractivity contribution < 1.29 is 19.4 Å². The zero-order valence-electron chi connectivity index (χ0n) is 9.10. The van der Waals surface area contributed by atoms with Crippen LogP contribution in [-0.4, -0.2) is 47.2 Å². The van der Waals surface area contributed by atoms with E-state index in [1.165, 1.54) is 4.90 Å². The van der Waals surface area contributed by atoms with Gasteiger partial charge in [-0.25, -0.2) is 4.79 Å². The van der Waals surface area contributed by atoms with E-state index < -0.39 is 11.8 Å². The quantitative estimate of drug-likeness (QED) is 0.715. The highest BCUT2D eigenvalue weighted by Gasteiger charge is 2.48. The van der Waals surface area contributed by atoms with Crippen molar-refractivity contribution in [3.63, 3.8) is 0 Å². The van der Waals surface area contributed by atoms with Crippen LogP contribution >= 0.6 is 0 Å². The molecule has 0 aliphatic carbocycles. The van der Waals surface area contributed by atoms with Gasteiger partial charge in [0.1, 0.15) is 5.72 Å². The minimum absolute atomic E-state index is 0.00266. The van der Waals surface area contributed by atoms with Crippen LogP contribution in [0, 0.1) is 0 Å². The molecule has 0 aromatic rings. The lowest BCUT2D eigenvalue weighted by molar-refractivity contribution is -0.0476.